The lowest BCUT2D eigenvalue weighted by Gasteiger charge is -2.32. The second-order valence-corrected chi connectivity index (χ2v) is 8.74. The van der Waals surface area contributed by atoms with Gasteiger partial charge in [0.15, 0.2) is 0 Å². The minimum absolute atomic E-state index is 0.0331. The van der Waals surface area contributed by atoms with Crippen molar-refractivity contribution in [1.82, 2.24) is 9.55 Å². The first-order chi connectivity index (χ1) is 15.8. The van der Waals surface area contributed by atoms with Gasteiger partial charge in [0.25, 0.3) is 5.69 Å². The maximum Gasteiger partial charge on any atom is 0.511 e. The summed E-state index contributed by atoms with van der Waals surface area (Å²) in [5, 5.41) is 20.5. The molecule has 1 N–H and O–H groups in total. The normalized spacial score (nSPS) is 12.9. The number of alkyl halides is 3. The molecular weight excluding hydrogens is 455 g/mol. The van der Waals surface area contributed by atoms with Crippen LogP contribution < -0.4 is 4.74 Å². The van der Waals surface area contributed by atoms with Crippen molar-refractivity contribution in [2.75, 3.05) is 0 Å². The molecule has 0 radical (unpaired) electrons. The Morgan fingerprint density at radius 3 is 2.35 bits per heavy atom. The number of aromatic nitrogens is 2. The number of nitro benzene ring substituents is 1. The molecule has 0 spiro atoms. The van der Waals surface area contributed by atoms with E-state index in [0.717, 1.165) is 18.2 Å². The molecule has 8 nitrogen and oxygen atoms in total. The van der Waals surface area contributed by atoms with E-state index in [9.17, 15) is 28.1 Å². The van der Waals surface area contributed by atoms with E-state index in [0.29, 0.717) is 17.0 Å². The molecule has 1 heterocycles. The van der Waals surface area contributed by atoms with Gasteiger partial charge >= 0.3 is 12.3 Å². The summed E-state index contributed by atoms with van der Waals surface area (Å²) in [6.45, 7) is 5.86. The van der Waals surface area contributed by atoms with Crippen LogP contribution in [0.2, 0.25) is 0 Å². The number of non-ortho nitro benzene ring substituents is 1. The SMILES string of the molecule is CC(C)(C)C(Cn1ccnc1-c1ccc(C(F)(F)F)cc1)c1cc([N+](=O)[O-])ccc1OC(=O)O. The third-order valence-corrected chi connectivity index (χ3v) is 5.39. The Kier molecular flexibility index (Phi) is 6.67. The zero-order valence-corrected chi connectivity index (χ0v) is 18.5. The summed E-state index contributed by atoms with van der Waals surface area (Å²) in [5.41, 5.74) is -0.763. The van der Waals surface area contributed by atoms with Gasteiger partial charge in [0.05, 0.1) is 10.5 Å². The molecule has 2 aromatic carbocycles. The Morgan fingerprint density at radius 2 is 1.82 bits per heavy atom. The average molecular weight is 477 g/mol. The maximum absolute atomic E-state index is 12.9. The third-order valence-electron chi connectivity index (χ3n) is 5.39. The number of carboxylic acid groups (broad SMARTS) is 1. The number of nitro groups is 1. The maximum atomic E-state index is 12.9. The standard InChI is InChI=1S/C23H22F3N3O5/c1-22(2,3)18(17-12-16(29(32)33)8-9-19(17)34-21(30)31)13-28-11-10-27-20(28)14-4-6-15(7-5-14)23(24,25)26/h4-12,18H,13H2,1-3H3,(H,30,31). The summed E-state index contributed by atoms with van der Waals surface area (Å²) in [6, 6.07) is 8.25. The van der Waals surface area contributed by atoms with Crippen LogP contribution in [-0.2, 0) is 12.7 Å². The number of ether oxygens (including phenoxy) is 1. The molecule has 34 heavy (non-hydrogen) atoms. The molecule has 3 rings (SSSR count). The van der Waals surface area contributed by atoms with Crippen molar-refractivity contribution in [1.29, 1.82) is 0 Å². The quantitative estimate of drug-likeness (QED) is 0.191. The predicted octanol–water partition coefficient (Wildman–Crippen LogP) is 6.36. The van der Waals surface area contributed by atoms with Gasteiger partial charge < -0.3 is 14.4 Å². The number of carbonyl (C=O) groups is 1. The van der Waals surface area contributed by atoms with Crippen LogP contribution in [0.4, 0.5) is 23.7 Å². The fourth-order valence-corrected chi connectivity index (χ4v) is 3.67. The first kappa shape index (κ1) is 24.7. The molecule has 0 aliphatic heterocycles. The number of nitrogens with zero attached hydrogens (tertiary/aromatic N) is 3. The smallest absolute Gasteiger partial charge is 0.449 e. The van der Waals surface area contributed by atoms with E-state index in [1.54, 1.807) is 10.8 Å². The molecule has 0 fully saturated rings. The van der Waals surface area contributed by atoms with E-state index in [1.165, 1.54) is 30.5 Å². The Bertz CT molecular complexity index is 1200. The van der Waals surface area contributed by atoms with Crippen LogP contribution in [0.5, 0.6) is 5.75 Å². The van der Waals surface area contributed by atoms with E-state index in [-0.39, 0.29) is 18.0 Å². The highest BCUT2D eigenvalue weighted by Crippen LogP contribution is 2.43. The van der Waals surface area contributed by atoms with Crippen molar-refractivity contribution in [2.24, 2.45) is 5.41 Å². The van der Waals surface area contributed by atoms with Crippen LogP contribution >= 0.6 is 0 Å². The number of rotatable bonds is 6. The van der Waals surface area contributed by atoms with Gasteiger partial charge in [-0.25, -0.2) is 9.78 Å². The van der Waals surface area contributed by atoms with Crippen LogP contribution in [0, 0.1) is 15.5 Å². The lowest BCUT2D eigenvalue weighted by atomic mass is 9.76. The summed E-state index contributed by atoms with van der Waals surface area (Å²) in [7, 11) is 0. The molecule has 0 amide bonds. The number of imidazole rings is 1. The second kappa shape index (κ2) is 9.16. The average Bonchev–Trinajstić information content (AvgIpc) is 3.19. The van der Waals surface area contributed by atoms with Crippen molar-refractivity contribution < 1.29 is 32.7 Å². The summed E-state index contributed by atoms with van der Waals surface area (Å²) < 4.78 is 45.4. The van der Waals surface area contributed by atoms with E-state index in [2.05, 4.69) is 4.98 Å². The van der Waals surface area contributed by atoms with Gasteiger partial charge in [-0.15, -0.1) is 0 Å². The monoisotopic (exact) mass is 477 g/mol. The molecular formula is C23H22F3N3O5. The van der Waals surface area contributed by atoms with Crippen LogP contribution in [0.3, 0.4) is 0 Å². The lowest BCUT2D eigenvalue weighted by Crippen LogP contribution is -2.24. The Balaban J connectivity index is 2.05. The Morgan fingerprint density at radius 1 is 1.18 bits per heavy atom. The molecule has 11 heteroatoms. The van der Waals surface area contributed by atoms with Crippen LogP contribution in [0.25, 0.3) is 11.4 Å². The van der Waals surface area contributed by atoms with E-state index < -0.39 is 34.2 Å². The Hall–Kier alpha value is -3.89. The third kappa shape index (κ3) is 5.53. The van der Waals surface area contributed by atoms with Crippen molar-refractivity contribution in [3.63, 3.8) is 0 Å². The van der Waals surface area contributed by atoms with E-state index in [1.807, 2.05) is 20.8 Å². The molecule has 0 aliphatic carbocycles. The van der Waals surface area contributed by atoms with Gasteiger partial charge in [-0.3, -0.25) is 10.1 Å². The van der Waals surface area contributed by atoms with E-state index in [4.69, 9.17) is 9.84 Å². The second-order valence-electron chi connectivity index (χ2n) is 8.74. The first-order valence-corrected chi connectivity index (χ1v) is 10.1. The highest BCUT2D eigenvalue weighted by molar-refractivity contribution is 5.63. The highest BCUT2D eigenvalue weighted by Gasteiger charge is 2.33. The van der Waals surface area contributed by atoms with Crippen molar-refractivity contribution in [3.8, 4) is 17.1 Å². The molecule has 0 aliphatic rings. The van der Waals surface area contributed by atoms with E-state index >= 15 is 0 Å². The number of hydrogen-bond acceptors (Lipinski definition) is 5. The highest BCUT2D eigenvalue weighted by atomic mass is 19.4. The Labute approximate surface area is 192 Å². The van der Waals surface area contributed by atoms with Crippen molar-refractivity contribution >= 4 is 11.8 Å². The van der Waals surface area contributed by atoms with Crippen LogP contribution in [0.1, 0.15) is 37.8 Å². The van der Waals surface area contributed by atoms with Crippen LogP contribution in [-0.4, -0.2) is 25.7 Å². The molecule has 0 saturated heterocycles. The summed E-state index contributed by atoms with van der Waals surface area (Å²) in [6.07, 6.45) is -2.89. The molecule has 1 unspecified atom stereocenters. The number of hydrogen-bond donors (Lipinski definition) is 1. The minimum Gasteiger partial charge on any atom is -0.449 e. The van der Waals surface area contributed by atoms with Gasteiger partial charge in [-0.1, -0.05) is 32.9 Å². The summed E-state index contributed by atoms with van der Waals surface area (Å²) >= 11 is 0. The fourth-order valence-electron chi connectivity index (χ4n) is 3.67. The van der Waals surface area contributed by atoms with Crippen molar-refractivity contribution in [2.45, 2.75) is 39.4 Å². The zero-order valence-electron chi connectivity index (χ0n) is 18.5. The predicted molar refractivity (Wildman–Crippen MR) is 117 cm³/mol. The number of benzene rings is 2. The molecule has 0 bridgehead atoms. The largest absolute Gasteiger partial charge is 0.511 e. The summed E-state index contributed by atoms with van der Waals surface area (Å²) in [5.74, 6) is -0.118. The molecule has 0 saturated carbocycles. The van der Waals surface area contributed by atoms with Gasteiger partial charge in [0, 0.05) is 48.1 Å². The summed E-state index contributed by atoms with van der Waals surface area (Å²) in [4.78, 5) is 26.3. The van der Waals surface area contributed by atoms with Crippen molar-refractivity contribution in [3.05, 3.63) is 76.1 Å². The topological polar surface area (TPSA) is 107 Å². The zero-order chi connectivity index (χ0) is 25.3. The van der Waals surface area contributed by atoms with Gasteiger partial charge in [-0.05, 0) is 23.6 Å². The molecule has 3 aromatic rings. The molecule has 1 aromatic heterocycles. The van der Waals surface area contributed by atoms with Gasteiger partial charge in [0.1, 0.15) is 11.6 Å². The fraction of sp³-hybridized carbons (Fsp3) is 0.304. The van der Waals surface area contributed by atoms with Gasteiger partial charge in [-0.2, -0.15) is 13.2 Å². The molecule has 180 valence electrons. The first-order valence-electron chi connectivity index (χ1n) is 10.1. The lowest BCUT2D eigenvalue weighted by molar-refractivity contribution is -0.385. The molecule has 1 atom stereocenters. The van der Waals surface area contributed by atoms with Gasteiger partial charge in [0.2, 0.25) is 0 Å². The number of halogens is 3. The minimum atomic E-state index is -4.46. The van der Waals surface area contributed by atoms with Crippen LogP contribution in [0.15, 0.2) is 54.9 Å².